The number of benzene rings is 2. The first-order valence-electron chi connectivity index (χ1n) is 10.5. The fourth-order valence-electron chi connectivity index (χ4n) is 4.01. The van der Waals surface area contributed by atoms with E-state index in [9.17, 15) is 18.3 Å². The molecule has 2 aromatic carbocycles. The molecule has 0 radical (unpaired) electrons. The van der Waals surface area contributed by atoms with Crippen LogP contribution in [0.25, 0.3) is 0 Å². The van der Waals surface area contributed by atoms with Gasteiger partial charge < -0.3 is 9.84 Å². The highest BCUT2D eigenvalue weighted by molar-refractivity contribution is 5.94. The molecule has 2 aliphatic rings. The Morgan fingerprint density at radius 1 is 1.03 bits per heavy atom. The summed E-state index contributed by atoms with van der Waals surface area (Å²) in [5.74, 6) is 0.254. The molecular formula is C23H26F3N3O2. The van der Waals surface area contributed by atoms with Gasteiger partial charge in [0.05, 0.1) is 13.2 Å². The standard InChI is InChI=1S/C23H26F3N3O2/c24-23(25,26)21-15-29(19-7-4-8-20(30)13-19)22(27-21)31-16-18-9-11-28(12-10-18)14-17-5-2-1-3-6-17/h1-8,13,18,21,30H,9-12,14-16H2. The van der Waals surface area contributed by atoms with Gasteiger partial charge in [-0.05, 0) is 49.5 Å². The normalized spacial score (nSPS) is 20.7. The van der Waals surface area contributed by atoms with Crippen molar-refractivity contribution in [3.05, 3.63) is 60.2 Å². The molecule has 1 N–H and O–H groups in total. The minimum absolute atomic E-state index is 0.0157. The molecule has 1 unspecified atom stereocenters. The highest BCUT2D eigenvalue weighted by Gasteiger charge is 2.46. The lowest BCUT2D eigenvalue weighted by atomic mass is 9.97. The highest BCUT2D eigenvalue weighted by atomic mass is 19.4. The Labute approximate surface area is 179 Å². The summed E-state index contributed by atoms with van der Waals surface area (Å²) in [4.78, 5) is 7.58. The number of phenols is 1. The quantitative estimate of drug-likeness (QED) is 0.758. The second-order valence-corrected chi connectivity index (χ2v) is 8.12. The predicted octanol–water partition coefficient (Wildman–Crippen LogP) is 4.43. The van der Waals surface area contributed by atoms with E-state index >= 15 is 0 Å². The third-order valence-electron chi connectivity index (χ3n) is 5.78. The van der Waals surface area contributed by atoms with Crippen molar-refractivity contribution in [2.45, 2.75) is 31.6 Å². The summed E-state index contributed by atoms with van der Waals surface area (Å²) in [7, 11) is 0. The molecular weight excluding hydrogens is 407 g/mol. The van der Waals surface area contributed by atoms with Crippen LogP contribution < -0.4 is 4.90 Å². The number of nitrogens with zero attached hydrogens (tertiary/aromatic N) is 3. The van der Waals surface area contributed by atoms with Crippen LogP contribution in [0, 0.1) is 5.92 Å². The lowest BCUT2D eigenvalue weighted by Crippen LogP contribution is -2.37. The molecule has 0 aromatic heterocycles. The van der Waals surface area contributed by atoms with E-state index in [1.54, 1.807) is 12.1 Å². The number of piperidine rings is 1. The van der Waals surface area contributed by atoms with E-state index in [1.807, 2.05) is 18.2 Å². The second kappa shape index (κ2) is 9.18. The summed E-state index contributed by atoms with van der Waals surface area (Å²) in [5.41, 5.74) is 1.71. The van der Waals surface area contributed by atoms with E-state index in [4.69, 9.17) is 4.74 Å². The van der Waals surface area contributed by atoms with Crippen LogP contribution in [0.4, 0.5) is 18.9 Å². The summed E-state index contributed by atoms with van der Waals surface area (Å²) in [6.45, 7) is 2.74. The molecule has 166 valence electrons. The van der Waals surface area contributed by atoms with Crippen molar-refractivity contribution in [3.63, 3.8) is 0 Å². The van der Waals surface area contributed by atoms with E-state index in [1.165, 1.54) is 22.6 Å². The van der Waals surface area contributed by atoms with Crippen molar-refractivity contribution in [3.8, 4) is 5.75 Å². The van der Waals surface area contributed by atoms with Gasteiger partial charge in [-0.2, -0.15) is 13.2 Å². The number of halogens is 3. The van der Waals surface area contributed by atoms with Crippen molar-refractivity contribution in [1.29, 1.82) is 0 Å². The van der Waals surface area contributed by atoms with Gasteiger partial charge in [0.15, 0.2) is 6.04 Å². The van der Waals surface area contributed by atoms with E-state index in [2.05, 4.69) is 22.0 Å². The summed E-state index contributed by atoms with van der Waals surface area (Å²) < 4.78 is 45.6. The Kier molecular flexibility index (Phi) is 6.36. The number of anilines is 1. The molecule has 0 spiro atoms. The molecule has 2 aromatic rings. The maximum atomic E-state index is 13.3. The zero-order chi connectivity index (χ0) is 21.8. The summed E-state index contributed by atoms with van der Waals surface area (Å²) in [5, 5.41) is 9.72. The van der Waals surface area contributed by atoms with Crippen molar-refractivity contribution < 1.29 is 23.0 Å². The smallest absolute Gasteiger partial charge is 0.412 e. The van der Waals surface area contributed by atoms with Gasteiger partial charge in [0, 0.05) is 18.3 Å². The maximum Gasteiger partial charge on any atom is 0.412 e. The Balaban J connectivity index is 1.34. The lowest BCUT2D eigenvalue weighted by molar-refractivity contribution is -0.143. The van der Waals surface area contributed by atoms with Crippen LogP contribution in [0.15, 0.2) is 59.6 Å². The summed E-state index contributed by atoms with van der Waals surface area (Å²) in [6.07, 6.45) is -2.59. The molecule has 0 aliphatic carbocycles. The van der Waals surface area contributed by atoms with E-state index in [-0.39, 0.29) is 24.2 Å². The Morgan fingerprint density at radius 2 is 1.77 bits per heavy atom. The van der Waals surface area contributed by atoms with Gasteiger partial charge in [-0.3, -0.25) is 9.80 Å². The van der Waals surface area contributed by atoms with Crippen molar-refractivity contribution in [1.82, 2.24) is 4.90 Å². The number of alkyl halides is 3. The number of hydrogen-bond donors (Lipinski definition) is 1. The lowest BCUT2D eigenvalue weighted by Gasteiger charge is -2.32. The van der Waals surface area contributed by atoms with Gasteiger partial charge in [-0.25, -0.2) is 4.99 Å². The van der Waals surface area contributed by atoms with Crippen molar-refractivity contribution in [2.75, 3.05) is 31.1 Å². The van der Waals surface area contributed by atoms with Gasteiger partial charge in [-0.1, -0.05) is 36.4 Å². The SMILES string of the molecule is Oc1cccc(N2CC(C(F)(F)F)N=C2OCC2CCN(Cc3ccccc3)CC2)c1. The van der Waals surface area contributed by atoms with E-state index in [0.717, 1.165) is 32.5 Å². The topological polar surface area (TPSA) is 48.3 Å². The fourth-order valence-corrected chi connectivity index (χ4v) is 4.01. The number of amidine groups is 1. The molecule has 0 bridgehead atoms. The van der Waals surface area contributed by atoms with Crippen LogP contribution in [-0.4, -0.2) is 54.5 Å². The molecule has 8 heteroatoms. The molecule has 4 rings (SSSR count). The average Bonchev–Trinajstić information content (AvgIpc) is 3.19. The zero-order valence-electron chi connectivity index (χ0n) is 17.1. The van der Waals surface area contributed by atoms with Gasteiger partial charge in [0.25, 0.3) is 6.02 Å². The van der Waals surface area contributed by atoms with Crippen LogP contribution in [0.3, 0.4) is 0 Å². The first-order chi connectivity index (χ1) is 14.9. The maximum absolute atomic E-state index is 13.3. The summed E-state index contributed by atoms with van der Waals surface area (Å²) >= 11 is 0. The highest BCUT2D eigenvalue weighted by Crippen LogP contribution is 2.32. The Bertz CT molecular complexity index is 896. The number of aliphatic imine (C=N–C) groups is 1. The van der Waals surface area contributed by atoms with Gasteiger partial charge in [0.2, 0.25) is 0 Å². The molecule has 0 amide bonds. The van der Waals surface area contributed by atoms with Gasteiger partial charge in [-0.15, -0.1) is 0 Å². The Morgan fingerprint density at radius 3 is 2.45 bits per heavy atom. The third-order valence-corrected chi connectivity index (χ3v) is 5.78. The number of ether oxygens (including phenoxy) is 1. The molecule has 0 saturated carbocycles. The zero-order valence-corrected chi connectivity index (χ0v) is 17.1. The number of aromatic hydroxyl groups is 1. The van der Waals surface area contributed by atoms with Crippen LogP contribution in [0.1, 0.15) is 18.4 Å². The summed E-state index contributed by atoms with van der Waals surface area (Å²) in [6, 6.07) is 14.5. The fraction of sp³-hybridized carbons (Fsp3) is 0.435. The van der Waals surface area contributed by atoms with Crippen molar-refractivity contribution in [2.24, 2.45) is 10.9 Å². The molecule has 1 fully saturated rings. The second-order valence-electron chi connectivity index (χ2n) is 8.12. The van der Waals surface area contributed by atoms with Gasteiger partial charge in [0.1, 0.15) is 5.75 Å². The molecule has 2 aliphatic heterocycles. The van der Waals surface area contributed by atoms with Crippen LogP contribution in [-0.2, 0) is 11.3 Å². The van der Waals surface area contributed by atoms with E-state index in [0.29, 0.717) is 12.3 Å². The van der Waals surface area contributed by atoms with Crippen LogP contribution in [0.5, 0.6) is 5.75 Å². The monoisotopic (exact) mass is 433 g/mol. The number of rotatable bonds is 5. The minimum atomic E-state index is -4.44. The largest absolute Gasteiger partial charge is 0.508 e. The first-order valence-corrected chi connectivity index (χ1v) is 10.5. The average molecular weight is 433 g/mol. The number of hydrogen-bond acceptors (Lipinski definition) is 5. The molecule has 31 heavy (non-hydrogen) atoms. The molecule has 1 atom stereocenters. The van der Waals surface area contributed by atoms with Crippen LogP contribution >= 0.6 is 0 Å². The van der Waals surface area contributed by atoms with Gasteiger partial charge >= 0.3 is 6.18 Å². The van der Waals surface area contributed by atoms with Crippen molar-refractivity contribution >= 4 is 11.7 Å². The molecule has 1 saturated heterocycles. The Hall–Kier alpha value is -2.74. The number of phenolic OH excluding ortho intramolecular Hbond substituents is 1. The number of likely N-dealkylation sites (tertiary alicyclic amines) is 1. The predicted molar refractivity (Wildman–Crippen MR) is 113 cm³/mol. The van der Waals surface area contributed by atoms with E-state index < -0.39 is 12.2 Å². The third kappa shape index (κ3) is 5.50. The van der Waals surface area contributed by atoms with Crippen LogP contribution in [0.2, 0.25) is 0 Å². The molecule has 5 nitrogen and oxygen atoms in total. The first kappa shape index (κ1) is 21.5. The molecule has 2 heterocycles. The minimum Gasteiger partial charge on any atom is -0.508 e.